The predicted molar refractivity (Wildman–Crippen MR) is 121 cm³/mol. The Morgan fingerprint density at radius 3 is 2.27 bits per heavy atom. The Balaban J connectivity index is 1.86. The summed E-state index contributed by atoms with van der Waals surface area (Å²) in [5.74, 6) is 0.319. The minimum Gasteiger partial charge on any atom is -0.497 e. The summed E-state index contributed by atoms with van der Waals surface area (Å²) < 4.78 is 15.5. The highest BCUT2D eigenvalue weighted by atomic mass is 35.5. The second-order valence-corrected chi connectivity index (χ2v) is 6.70. The third-order valence-corrected chi connectivity index (χ3v) is 4.67. The molecule has 0 aliphatic rings. The number of benzene rings is 2. The highest BCUT2D eigenvalue weighted by Crippen LogP contribution is 2.39. The maximum absolute atomic E-state index is 12.4. The van der Waals surface area contributed by atoms with E-state index in [2.05, 4.69) is 26.1 Å². The molecule has 1 heterocycles. The van der Waals surface area contributed by atoms with Crippen LogP contribution in [-0.4, -0.2) is 42.1 Å². The SMILES string of the molecule is COc1ccc(C(=O)NNc2ncnc(Nc3cc(Cl)c(OC)cc3OC)c2[N+](=O)[O-])cc1. The Bertz CT molecular complexity index is 1170. The number of nitro groups is 1. The van der Waals surface area contributed by atoms with Gasteiger partial charge in [-0.1, -0.05) is 11.6 Å². The topological polar surface area (TPSA) is 150 Å². The van der Waals surface area contributed by atoms with Crippen molar-refractivity contribution in [2.45, 2.75) is 0 Å². The van der Waals surface area contributed by atoms with Crippen LogP contribution in [0.4, 0.5) is 23.0 Å². The zero-order chi connectivity index (χ0) is 24.0. The van der Waals surface area contributed by atoms with E-state index in [9.17, 15) is 14.9 Å². The van der Waals surface area contributed by atoms with E-state index < -0.39 is 16.5 Å². The van der Waals surface area contributed by atoms with E-state index in [1.54, 1.807) is 12.1 Å². The Kier molecular flexibility index (Phi) is 7.31. The van der Waals surface area contributed by atoms with Crippen molar-refractivity contribution in [3.05, 3.63) is 63.4 Å². The summed E-state index contributed by atoms with van der Waals surface area (Å²) in [7, 11) is 4.37. The fraction of sp³-hybridized carbons (Fsp3) is 0.150. The molecule has 3 rings (SSSR count). The number of hydrogen-bond acceptors (Lipinski definition) is 10. The molecule has 3 N–H and O–H groups in total. The first kappa shape index (κ1) is 23.3. The average Bonchev–Trinajstić information content (AvgIpc) is 2.82. The number of carbonyl (C=O) groups excluding carboxylic acids is 1. The van der Waals surface area contributed by atoms with Crippen molar-refractivity contribution in [3.8, 4) is 17.2 Å². The number of amides is 1. The van der Waals surface area contributed by atoms with Gasteiger partial charge in [0.1, 0.15) is 23.6 Å². The predicted octanol–water partition coefficient (Wildman–Crippen LogP) is 3.56. The fourth-order valence-electron chi connectivity index (χ4n) is 2.75. The van der Waals surface area contributed by atoms with Crippen LogP contribution < -0.4 is 30.4 Å². The van der Waals surface area contributed by atoms with Crippen LogP contribution in [0.3, 0.4) is 0 Å². The van der Waals surface area contributed by atoms with Gasteiger partial charge in [0.05, 0.1) is 37.0 Å². The van der Waals surface area contributed by atoms with Gasteiger partial charge in [-0.3, -0.25) is 25.8 Å². The van der Waals surface area contributed by atoms with Crippen molar-refractivity contribution < 1.29 is 23.9 Å². The quantitative estimate of drug-likeness (QED) is 0.310. The second kappa shape index (κ2) is 10.3. The summed E-state index contributed by atoms with van der Waals surface area (Å²) in [6.45, 7) is 0. The minimum absolute atomic E-state index is 0.157. The molecule has 0 saturated carbocycles. The number of halogens is 1. The molecule has 0 fully saturated rings. The Hall–Kier alpha value is -4.32. The van der Waals surface area contributed by atoms with Crippen molar-refractivity contribution in [3.63, 3.8) is 0 Å². The number of ether oxygens (including phenoxy) is 3. The first-order valence-electron chi connectivity index (χ1n) is 9.26. The summed E-state index contributed by atoms with van der Waals surface area (Å²) in [5, 5.41) is 14.8. The largest absolute Gasteiger partial charge is 0.497 e. The third-order valence-electron chi connectivity index (χ3n) is 4.38. The fourth-order valence-corrected chi connectivity index (χ4v) is 2.99. The monoisotopic (exact) mass is 474 g/mol. The Morgan fingerprint density at radius 2 is 1.67 bits per heavy atom. The lowest BCUT2D eigenvalue weighted by molar-refractivity contribution is -0.383. The summed E-state index contributed by atoms with van der Waals surface area (Å²) >= 11 is 6.17. The van der Waals surface area contributed by atoms with Gasteiger partial charge in [-0.2, -0.15) is 0 Å². The molecule has 0 aliphatic heterocycles. The molecule has 0 aliphatic carbocycles. The molecule has 33 heavy (non-hydrogen) atoms. The first-order chi connectivity index (χ1) is 15.9. The molecule has 3 aromatic rings. The van der Waals surface area contributed by atoms with Crippen molar-refractivity contribution in [2.75, 3.05) is 32.1 Å². The summed E-state index contributed by atoms with van der Waals surface area (Å²) in [6.07, 6.45) is 1.09. The highest BCUT2D eigenvalue weighted by Gasteiger charge is 2.25. The van der Waals surface area contributed by atoms with Crippen LogP contribution in [0.25, 0.3) is 0 Å². The molecule has 172 valence electrons. The highest BCUT2D eigenvalue weighted by molar-refractivity contribution is 6.32. The van der Waals surface area contributed by atoms with Gasteiger partial charge in [0.2, 0.25) is 11.6 Å². The second-order valence-electron chi connectivity index (χ2n) is 6.30. The molecule has 0 bridgehead atoms. The van der Waals surface area contributed by atoms with Gasteiger partial charge < -0.3 is 19.5 Å². The molecular weight excluding hydrogens is 456 g/mol. The summed E-state index contributed by atoms with van der Waals surface area (Å²) in [5.41, 5.74) is 4.93. The van der Waals surface area contributed by atoms with Crippen LogP contribution in [0.15, 0.2) is 42.7 Å². The van der Waals surface area contributed by atoms with E-state index in [1.807, 2.05) is 0 Å². The number of methoxy groups -OCH3 is 3. The van der Waals surface area contributed by atoms with Crippen molar-refractivity contribution in [1.82, 2.24) is 15.4 Å². The number of aromatic nitrogens is 2. The lowest BCUT2D eigenvalue weighted by Crippen LogP contribution is -2.30. The normalized spacial score (nSPS) is 10.2. The van der Waals surface area contributed by atoms with E-state index in [1.165, 1.54) is 45.6 Å². The van der Waals surface area contributed by atoms with Crippen LogP contribution in [0.5, 0.6) is 17.2 Å². The number of anilines is 3. The third kappa shape index (κ3) is 5.30. The van der Waals surface area contributed by atoms with Gasteiger partial charge >= 0.3 is 5.69 Å². The van der Waals surface area contributed by atoms with Crippen LogP contribution >= 0.6 is 11.6 Å². The van der Waals surface area contributed by atoms with Crippen molar-refractivity contribution in [1.29, 1.82) is 0 Å². The molecule has 0 atom stereocenters. The van der Waals surface area contributed by atoms with Gasteiger partial charge in [0.15, 0.2) is 0 Å². The van der Waals surface area contributed by atoms with E-state index >= 15 is 0 Å². The first-order valence-corrected chi connectivity index (χ1v) is 9.64. The molecule has 0 unspecified atom stereocenters. The van der Waals surface area contributed by atoms with Gasteiger partial charge in [0, 0.05) is 11.6 Å². The van der Waals surface area contributed by atoms with Gasteiger partial charge in [-0.25, -0.2) is 9.97 Å². The standard InChI is InChI=1S/C20H19ClN6O6/c1-31-12-6-4-11(5-7-12)20(28)26-25-19-17(27(29)30)18(22-10-23-19)24-14-8-13(21)15(32-2)9-16(14)33-3/h4-10H,1-3H3,(H,26,28)(H2,22,23,24,25). The maximum atomic E-state index is 12.4. The van der Waals surface area contributed by atoms with Crippen LogP contribution in [0.2, 0.25) is 5.02 Å². The smallest absolute Gasteiger partial charge is 0.355 e. The molecule has 1 aromatic heterocycles. The average molecular weight is 475 g/mol. The van der Waals surface area contributed by atoms with Crippen LogP contribution in [0, 0.1) is 10.1 Å². The number of hydrogen-bond donors (Lipinski definition) is 3. The van der Waals surface area contributed by atoms with E-state index in [4.69, 9.17) is 25.8 Å². The Morgan fingerprint density at radius 1 is 1.00 bits per heavy atom. The number of carbonyl (C=O) groups is 1. The van der Waals surface area contributed by atoms with Gasteiger partial charge in [-0.15, -0.1) is 0 Å². The zero-order valence-electron chi connectivity index (χ0n) is 17.7. The number of nitrogens with zero attached hydrogens (tertiary/aromatic N) is 3. The molecular formula is C20H19ClN6O6. The number of rotatable bonds is 9. The van der Waals surface area contributed by atoms with E-state index in [0.29, 0.717) is 28.5 Å². The number of nitrogens with one attached hydrogen (secondary N) is 3. The molecule has 0 radical (unpaired) electrons. The van der Waals surface area contributed by atoms with E-state index in [0.717, 1.165) is 6.33 Å². The van der Waals surface area contributed by atoms with Gasteiger partial charge in [-0.05, 0) is 30.3 Å². The number of hydrazine groups is 1. The van der Waals surface area contributed by atoms with Crippen LogP contribution in [0.1, 0.15) is 10.4 Å². The molecule has 2 aromatic carbocycles. The maximum Gasteiger partial charge on any atom is 0.355 e. The lowest BCUT2D eigenvalue weighted by Gasteiger charge is -2.14. The zero-order valence-corrected chi connectivity index (χ0v) is 18.5. The van der Waals surface area contributed by atoms with Crippen molar-refractivity contribution in [2.24, 2.45) is 0 Å². The van der Waals surface area contributed by atoms with E-state index in [-0.39, 0.29) is 16.7 Å². The summed E-state index contributed by atoms with van der Waals surface area (Å²) in [4.78, 5) is 31.3. The molecule has 1 amide bonds. The molecule has 12 nitrogen and oxygen atoms in total. The van der Waals surface area contributed by atoms with Crippen molar-refractivity contribution >= 4 is 40.5 Å². The molecule has 0 spiro atoms. The van der Waals surface area contributed by atoms with Crippen LogP contribution in [-0.2, 0) is 0 Å². The molecule has 13 heteroatoms. The molecule has 0 saturated heterocycles. The minimum atomic E-state index is -0.693. The van der Waals surface area contributed by atoms with Gasteiger partial charge in [0.25, 0.3) is 5.91 Å². The summed E-state index contributed by atoms with van der Waals surface area (Å²) in [6, 6.07) is 9.29. The Labute approximate surface area is 193 Å². The lowest BCUT2D eigenvalue weighted by atomic mass is 10.2.